The van der Waals surface area contributed by atoms with E-state index in [0.717, 1.165) is 44.2 Å². The molecule has 4 aromatic carbocycles. The molecule has 0 aliphatic rings. The first-order chi connectivity index (χ1) is 16.5. The average Bonchev–Trinajstić information content (AvgIpc) is 3.13. The Morgan fingerprint density at radius 3 is 2.53 bits per heavy atom. The second-order valence-corrected chi connectivity index (χ2v) is 8.89. The Morgan fingerprint density at radius 1 is 0.941 bits per heavy atom. The number of rotatable bonds is 6. The van der Waals surface area contributed by atoms with Crippen molar-refractivity contribution in [2.24, 2.45) is 5.73 Å². The second-order valence-electron chi connectivity index (χ2n) is 8.05. The molecule has 0 unspecified atom stereocenters. The zero-order valence-corrected chi connectivity index (χ0v) is 20.0. The molecule has 1 amide bonds. The number of aromatic nitrogens is 1. The summed E-state index contributed by atoms with van der Waals surface area (Å²) in [6.07, 6.45) is 0. The van der Waals surface area contributed by atoms with Gasteiger partial charge in [-0.1, -0.05) is 65.7 Å². The van der Waals surface area contributed by atoms with Crippen molar-refractivity contribution in [1.82, 2.24) is 4.57 Å². The van der Waals surface area contributed by atoms with E-state index in [1.165, 1.54) is 0 Å². The summed E-state index contributed by atoms with van der Waals surface area (Å²) < 4.78 is 8.07. The number of fused-ring (bicyclic) bond motifs is 3. The van der Waals surface area contributed by atoms with Crippen LogP contribution >= 0.6 is 23.2 Å². The molecule has 0 saturated heterocycles. The minimum absolute atomic E-state index is 0.454. The van der Waals surface area contributed by atoms with Crippen LogP contribution in [0.5, 0.6) is 5.75 Å². The Labute approximate surface area is 207 Å². The molecule has 1 aromatic heterocycles. The molecule has 0 atom stereocenters. The Balaban J connectivity index is 1.79. The van der Waals surface area contributed by atoms with Crippen LogP contribution in [0, 0.1) is 0 Å². The maximum Gasteiger partial charge on any atom is 0.249 e. The average molecular weight is 489 g/mol. The van der Waals surface area contributed by atoms with Crippen LogP contribution < -0.4 is 10.5 Å². The number of amides is 1. The Morgan fingerprint density at radius 2 is 1.76 bits per heavy atom. The van der Waals surface area contributed by atoms with Crippen LogP contribution in [0.3, 0.4) is 0 Å². The summed E-state index contributed by atoms with van der Waals surface area (Å²) in [6.45, 7) is 3.12. The van der Waals surface area contributed by atoms with Crippen molar-refractivity contribution in [1.29, 1.82) is 0 Å². The zero-order valence-electron chi connectivity index (χ0n) is 18.5. The molecule has 6 heteroatoms. The summed E-state index contributed by atoms with van der Waals surface area (Å²) in [5, 5.41) is 2.95. The Kier molecular flexibility index (Phi) is 5.94. The van der Waals surface area contributed by atoms with Gasteiger partial charge in [-0.2, -0.15) is 0 Å². The van der Waals surface area contributed by atoms with Crippen molar-refractivity contribution in [2.75, 3.05) is 6.61 Å². The predicted molar refractivity (Wildman–Crippen MR) is 140 cm³/mol. The van der Waals surface area contributed by atoms with E-state index in [-0.39, 0.29) is 0 Å². The predicted octanol–water partition coefficient (Wildman–Crippen LogP) is 7.31. The highest BCUT2D eigenvalue weighted by Crippen LogP contribution is 2.37. The number of hydrogen-bond acceptors (Lipinski definition) is 2. The molecule has 0 saturated carbocycles. The third-order valence-corrected chi connectivity index (χ3v) is 6.55. The molecule has 1 heterocycles. The smallest absolute Gasteiger partial charge is 0.249 e. The second kappa shape index (κ2) is 9.05. The third kappa shape index (κ3) is 3.89. The minimum Gasteiger partial charge on any atom is -0.494 e. The summed E-state index contributed by atoms with van der Waals surface area (Å²) in [4.78, 5) is 12.3. The standard InChI is InChI=1S/C28H22Cl2N2O2/c1-2-34-26-9-4-3-6-18(26)16-32-24-8-5-7-22(28(31)33)27(24)21-12-10-17(14-25(21)32)20-13-11-19(29)15-23(20)30/h3-15H,2,16H2,1H3,(H2,31,33). The van der Waals surface area contributed by atoms with Crippen molar-refractivity contribution in [3.8, 4) is 16.9 Å². The van der Waals surface area contributed by atoms with Crippen LogP contribution in [0.2, 0.25) is 10.0 Å². The zero-order chi connectivity index (χ0) is 23.8. The molecule has 0 radical (unpaired) electrons. The van der Waals surface area contributed by atoms with Crippen molar-refractivity contribution in [3.63, 3.8) is 0 Å². The van der Waals surface area contributed by atoms with E-state index in [4.69, 9.17) is 33.7 Å². The van der Waals surface area contributed by atoms with Crippen molar-refractivity contribution in [3.05, 3.63) is 100 Å². The van der Waals surface area contributed by atoms with Gasteiger partial charge >= 0.3 is 0 Å². The fourth-order valence-corrected chi connectivity index (χ4v) is 5.03. The van der Waals surface area contributed by atoms with Crippen LogP contribution in [0.1, 0.15) is 22.8 Å². The highest BCUT2D eigenvalue weighted by atomic mass is 35.5. The fourth-order valence-electron chi connectivity index (χ4n) is 4.51. The number of ether oxygens (including phenoxy) is 1. The number of carbonyl (C=O) groups excluding carboxylic acids is 1. The first-order valence-electron chi connectivity index (χ1n) is 11.0. The van der Waals surface area contributed by atoms with Gasteiger partial charge in [0.05, 0.1) is 24.2 Å². The highest BCUT2D eigenvalue weighted by Gasteiger charge is 2.18. The van der Waals surface area contributed by atoms with Gasteiger partial charge in [-0.3, -0.25) is 4.79 Å². The highest BCUT2D eigenvalue weighted by molar-refractivity contribution is 6.36. The first kappa shape index (κ1) is 22.3. The van der Waals surface area contributed by atoms with E-state index >= 15 is 0 Å². The summed E-state index contributed by atoms with van der Waals surface area (Å²) >= 11 is 12.6. The fraction of sp³-hybridized carbons (Fsp3) is 0.107. The van der Waals surface area contributed by atoms with Crippen molar-refractivity contribution >= 4 is 50.9 Å². The molecule has 2 N–H and O–H groups in total. The van der Waals surface area contributed by atoms with Gasteiger partial charge in [0.15, 0.2) is 0 Å². The molecule has 34 heavy (non-hydrogen) atoms. The van der Waals surface area contributed by atoms with Crippen LogP contribution in [0.4, 0.5) is 0 Å². The molecular formula is C28H22Cl2N2O2. The summed E-state index contributed by atoms with van der Waals surface area (Å²) in [5.41, 5.74) is 11.0. The number of para-hydroxylation sites is 1. The van der Waals surface area contributed by atoms with Gasteiger partial charge in [0.25, 0.3) is 0 Å². The van der Waals surface area contributed by atoms with E-state index in [9.17, 15) is 4.79 Å². The third-order valence-electron chi connectivity index (χ3n) is 6.00. The van der Waals surface area contributed by atoms with Gasteiger partial charge in [-0.05, 0) is 48.9 Å². The van der Waals surface area contributed by atoms with Gasteiger partial charge < -0.3 is 15.0 Å². The number of carbonyl (C=O) groups is 1. The lowest BCUT2D eigenvalue weighted by Crippen LogP contribution is -2.11. The number of hydrogen-bond donors (Lipinski definition) is 1. The first-order valence-corrected chi connectivity index (χ1v) is 11.7. The number of halogens is 2. The summed E-state index contributed by atoms with van der Waals surface area (Å²) in [7, 11) is 0. The topological polar surface area (TPSA) is 57.2 Å². The molecular weight excluding hydrogens is 467 g/mol. The maximum absolute atomic E-state index is 12.3. The van der Waals surface area contributed by atoms with Gasteiger partial charge in [-0.15, -0.1) is 0 Å². The molecule has 5 rings (SSSR count). The van der Waals surface area contributed by atoms with Crippen LogP contribution in [-0.4, -0.2) is 17.1 Å². The lowest BCUT2D eigenvalue weighted by Gasteiger charge is -2.13. The maximum atomic E-state index is 12.3. The minimum atomic E-state index is -0.454. The van der Waals surface area contributed by atoms with Gasteiger partial charge in [0, 0.05) is 37.5 Å². The molecule has 0 aliphatic carbocycles. The van der Waals surface area contributed by atoms with Gasteiger partial charge in [0.1, 0.15) is 5.75 Å². The SMILES string of the molecule is CCOc1ccccc1Cn1c2cc(-c3ccc(Cl)cc3Cl)ccc2c2c(C(N)=O)cccc21. The van der Waals surface area contributed by atoms with Gasteiger partial charge in [-0.25, -0.2) is 0 Å². The molecule has 0 spiro atoms. The lowest BCUT2D eigenvalue weighted by atomic mass is 10.0. The monoisotopic (exact) mass is 488 g/mol. The van der Waals surface area contributed by atoms with Gasteiger partial charge in [0.2, 0.25) is 5.91 Å². The van der Waals surface area contributed by atoms with E-state index in [1.54, 1.807) is 12.1 Å². The number of nitrogens with two attached hydrogens (primary N) is 1. The number of nitrogens with zero attached hydrogens (tertiary/aromatic N) is 1. The molecule has 0 aliphatic heterocycles. The Hall–Kier alpha value is -3.47. The van der Waals surface area contributed by atoms with Crippen LogP contribution in [0.25, 0.3) is 32.9 Å². The van der Waals surface area contributed by atoms with E-state index in [2.05, 4.69) is 16.7 Å². The Bertz CT molecular complexity index is 1560. The normalized spacial score (nSPS) is 11.3. The van der Waals surface area contributed by atoms with Crippen LogP contribution in [0.15, 0.2) is 78.9 Å². The number of benzene rings is 4. The molecule has 5 aromatic rings. The van der Waals surface area contributed by atoms with E-state index in [0.29, 0.717) is 28.8 Å². The number of primary amides is 1. The summed E-state index contributed by atoms with van der Waals surface area (Å²) in [5.74, 6) is 0.382. The van der Waals surface area contributed by atoms with E-state index in [1.807, 2.05) is 61.5 Å². The molecule has 0 fully saturated rings. The molecule has 4 nitrogen and oxygen atoms in total. The van der Waals surface area contributed by atoms with Crippen LogP contribution in [-0.2, 0) is 6.54 Å². The molecule has 170 valence electrons. The lowest BCUT2D eigenvalue weighted by molar-refractivity contribution is 0.100. The quantitative estimate of drug-likeness (QED) is 0.272. The van der Waals surface area contributed by atoms with Crippen molar-refractivity contribution in [2.45, 2.75) is 13.5 Å². The largest absolute Gasteiger partial charge is 0.494 e. The van der Waals surface area contributed by atoms with Crippen molar-refractivity contribution < 1.29 is 9.53 Å². The molecule has 0 bridgehead atoms. The van der Waals surface area contributed by atoms with E-state index < -0.39 is 5.91 Å². The summed E-state index contributed by atoms with van der Waals surface area (Å²) in [6, 6.07) is 25.2.